The highest BCUT2D eigenvalue weighted by atomic mass is 31.1. The second kappa shape index (κ2) is 15.3. The fourth-order valence-electron chi connectivity index (χ4n) is 6.61. The lowest BCUT2D eigenvalue weighted by Crippen LogP contribution is -2.28. The number of alkyl halides is 12. The van der Waals surface area contributed by atoms with Gasteiger partial charge in [0.2, 0.25) is 0 Å². The van der Waals surface area contributed by atoms with Crippen LogP contribution in [-0.2, 0) is 24.7 Å². The maximum Gasteiger partial charge on any atom is 0.416 e. The Kier molecular flexibility index (Phi) is 11.2. The molecule has 0 bridgehead atoms. The largest absolute Gasteiger partial charge is 0.416 e. The van der Waals surface area contributed by atoms with Crippen molar-refractivity contribution in [3.05, 3.63) is 173 Å². The molecule has 14 heteroatoms. The molecule has 0 saturated carbocycles. The highest BCUT2D eigenvalue weighted by Crippen LogP contribution is 2.51. The number of hydrogen-bond acceptors (Lipinski definition) is 0. The molecule has 0 saturated heterocycles. The lowest BCUT2D eigenvalue weighted by Gasteiger charge is -2.33. The van der Waals surface area contributed by atoms with E-state index < -0.39 is 85.0 Å². The molecule has 286 valence electrons. The highest BCUT2D eigenvalue weighted by Gasteiger charge is 2.42. The zero-order chi connectivity index (χ0) is 39.9. The molecule has 0 nitrogen and oxygen atoms in total. The van der Waals surface area contributed by atoms with Gasteiger partial charge in [-0.25, -0.2) is 0 Å². The number of rotatable bonds is 8. The van der Waals surface area contributed by atoms with Gasteiger partial charge in [0, 0.05) is 11.6 Å². The van der Waals surface area contributed by atoms with E-state index in [2.05, 4.69) is 0 Å². The number of allylic oxidation sites excluding steroid dienone is 4. The first kappa shape index (κ1) is 40.3. The summed E-state index contributed by atoms with van der Waals surface area (Å²) in [6.07, 6.45) is -16.4. The number of benzene rings is 5. The van der Waals surface area contributed by atoms with Crippen LogP contribution in [0.25, 0.3) is 0 Å². The van der Waals surface area contributed by atoms with Crippen LogP contribution in [-0.4, -0.2) is 5.66 Å². The summed E-state index contributed by atoms with van der Waals surface area (Å²) in [5.74, 6) is -0.686. The van der Waals surface area contributed by atoms with Gasteiger partial charge in [0.25, 0.3) is 0 Å². The predicted molar refractivity (Wildman–Crippen MR) is 194 cm³/mol. The maximum absolute atomic E-state index is 14.2. The highest BCUT2D eigenvalue weighted by molar-refractivity contribution is 7.80. The van der Waals surface area contributed by atoms with Gasteiger partial charge in [-0.05, 0) is 84.3 Å². The van der Waals surface area contributed by atoms with Crippen molar-refractivity contribution >= 4 is 42.4 Å². The summed E-state index contributed by atoms with van der Waals surface area (Å²) in [7, 11) is -4.06. The second-order valence-electron chi connectivity index (χ2n) is 12.7. The van der Waals surface area contributed by atoms with E-state index in [0.717, 1.165) is 15.9 Å². The van der Waals surface area contributed by atoms with Crippen molar-refractivity contribution in [2.45, 2.75) is 43.2 Å². The summed E-state index contributed by atoms with van der Waals surface area (Å²) in [6, 6.07) is 27.6. The Bertz CT molecular complexity index is 2020. The van der Waals surface area contributed by atoms with Gasteiger partial charge in [0.05, 0.1) is 22.3 Å². The van der Waals surface area contributed by atoms with Crippen LogP contribution in [0.4, 0.5) is 52.7 Å². The quantitative estimate of drug-likeness (QED) is 0.108. The van der Waals surface area contributed by atoms with Gasteiger partial charge in [0.1, 0.15) is 0 Å². The molecule has 2 atom stereocenters. The molecule has 0 amide bonds. The summed E-state index contributed by atoms with van der Waals surface area (Å²) < 4.78 is 170. The van der Waals surface area contributed by atoms with Gasteiger partial charge >= 0.3 is 24.7 Å². The fraction of sp³-hybridized carbons (Fsp3) is 0.171. The van der Waals surface area contributed by atoms with Gasteiger partial charge in [-0.2, -0.15) is 52.7 Å². The van der Waals surface area contributed by atoms with Crippen LogP contribution < -0.4 is 26.5 Å². The Hall–Kier alpha value is -4.40. The van der Waals surface area contributed by atoms with Crippen molar-refractivity contribution in [2.75, 3.05) is 0 Å². The first-order valence-corrected chi connectivity index (χ1v) is 19.2. The normalized spacial score (nSPS) is 15.8. The molecule has 0 aromatic heterocycles. The number of hydrogen-bond donors (Lipinski definition) is 0. The van der Waals surface area contributed by atoms with E-state index in [9.17, 15) is 52.7 Å². The molecular weight excluding hydrogens is 782 g/mol. The molecule has 0 aliphatic heterocycles. The van der Waals surface area contributed by atoms with Crippen LogP contribution in [0.5, 0.6) is 0 Å². The average molecular weight is 811 g/mol. The third-order valence-electron chi connectivity index (χ3n) is 9.06. The molecule has 2 unspecified atom stereocenters. The molecule has 0 fully saturated rings. The van der Waals surface area contributed by atoms with Crippen LogP contribution in [0.15, 0.2) is 145 Å². The minimum absolute atomic E-state index is 0.125. The third-order valence-corrected chi connectivity index (χ3v) is 14.3. The molecular formula is C41H28F12P2. The van der Waals surface area contributed by atoms with E-state index in [-0.39, 0.29) is 12.1 Å². The molecule has 0 N–H and O–H groups in total. The molecule has 5 aromatic rings. The fourth-order valence-corrected chi connectivity index (χ4v) is 12.0. The smallest absolute Gasteiger partial charge is 0.166 e. The average Bonchev–Trinajstić information content (AvgIpc) is 3.61. The van der Waals surface area contributed by atoms with Gasteiger partial charge < -0.3 is 0 Å². The molecule has 6 rings (SSSR count). The van der Waals surface area contributed by atoms with Crippen LogP contribution in [0, 0.1) is 0 Å². The van der Waals surface area contributed by atoms with E-state index in [0.29, 0.717) is 35.4 Å². The van der Waals surface area contributed by atoms with Crippen molar-refractivity contribution in [1.29, 1.82) is 0 Å². The van der Waals surface area contributed by atoms with Crippen molar-refractivity contribution in [1.82, 2.24) is 0 Å². The van der Waals surface area contributed by atoms with Crippen LogP contribution in [0.3, 0.4) is 0 Å². The molecule has 55 heavy (non-hydrogen) atoms. The Labute approximate surface area is 310 Å². The minimum Gasteiger partial charge on any atom is -0.166 e. The lowest BCUT2D eigenvalue weighted by molar-refractivity contribution is -0.144. The summed E-state index contributed by atoms with van der Waals surface area (Å²) in [5, 5.41) is 1.41. The van der Waals surface area contributed by atoms with Crippen LogP contribution >= 0.6 is 15.8 Å². The monoisotopic (exact) mass is 810 g/mol. The Morgan fingerprint density at radius 2 is 0.855 bits per heavy atom. The number of halogens is 12. The van der Waals surface area contributed by atoms with Crippen molar-refractivity contribution in [2.24, 2.45) is 0 Å². The van der Waals surface area contributed by atoms with Crippen LogP contribution in [0.1, 0.15) is 40.7 Å². The maximum atomic E-state index is 14.2. The van der Waals surface area contributed by atoms with Crippen molar-refractivity contribution in [3.8, 4) is 0 Å². The summed E-state index contributed by atoms with van der Waals surface area (Å²) in [5.41, 5.74) is -7.02. The first-order chi connectivity index (χ1) is 25.7. The standard InChI is InChI=1S/C41H28F12P2/c1-25(34-16-10-17-35(34)36-15-8-9-18-37(36)55(30-11-4-2-5-12-30)31-13-6-3-7-14-31)54(32-21-26(38(42,43)44)19-27(22-32)39(45,46)47)33-23-28(40(48,49)50)20-29(24-33)41(51,52)53/h2-25,35H,1H3. The lowest BCUT2D eigenvalue weighted by atomic mass is 9.92. The third kappa shape index (κ3) is 8.86. The molecule has 0 spiro atoms. The molecule has 1 aliphatic rings. The molecule has 0 radical (unpaired) electrons. The van der Waals surface area contributed by atoms with Gasteiger partial charge in [-0.15, -0.1) is 0 Å². The summed E-state index contributed by atoms with van der Waals surface area (Å²) in [6.45, 7) is 1.42. The van der Waals surface area contributed by atoms with E-state index in [1.54, 1.807) is 24.3 Å². The SMILES string of the molecule is CC(C1=CC=CC1c1ccccc1P(c1ccccc1)c1ccccc1)P(c1cc(C(F)(F)F)cc(C(F)(F)F)c1)c1cc(C(F)(F)F)cc(C(F)(F)F)c1. The Balaban J connectivity index is 1.57. The van der Waals surface area contributed by atoms with E-state index in [4.69, 9.17) is 0 Å². The van der Waals surface area contributed by atoms with Crippen molar-refractivity contribution < 1.29 is 52.7 Å². The predicted octanol–water partition coefficient (Wildman–Crippen LogP) is 11.6. The van der Waals surface area contributed by atoms with Gasteiger partial charge in [-0.3, -0.25) is 0 Å². The van der Waals surface area contributed by atoms with E-state index >= 15 is 0 Å². The Morgan fingerprint density at radius 1 is 0.473 bits per heavy atom. The molecule has 0 heterocycles. The van der Waals surface area contributed by atoms with Gasteiger partial charge in [-0.1, -0.05) is 116 Å². The zero-order valence-corrected chi connectivity index (χ0v) is 30.2. The molecule has 5 aromatic carbocycles. The summed E-state index contributed by atoms with van der Waals surface area (Å²) >= 11 is 0. The first-order valence-electron chi connectivity index (χ1n) is 16.5. The van der Waals surface area contributed by atoms with Crippen molar-refractivity contribution in [3.63, 3.8) is 0 Å². The van der Waals surface area contributed by atoms with E-state index in [1.165, 1.54) is 6.92 Å². The topological polar surface area (TPSA) is 0 Å². The minimum atomic E-state index is -5.33. The second-order valence-corrected chi connectivity index (χ2v) is 17.4. The van der Waals surface area contributed by atoms with Crippen LogP contribution in [0.2, 0.25) is 0 Å². The Morgan fingerprint density at radius 3 is 1.25 bits per heavy atom. The zero-order valence-electron chi connectivity index (χ0n) is 28.4. The molecule has 1 aliphatic carbocycles. The van der Waals surface area contributed by atoms with E-state index in [1.807, 2.05) is 78.9 Å². The summed E-state index contributed by atoms with van der Waals surface area (Å²) in [4.78, 5) is 0. The van der Waals surface area contributed by atoms with Gasteiger partial charge in [0.15, 0.2) is 0 Å².